The third-order valence-corrected chi connectivity index (χ3v) is 4.49. The molecule has 0 spiro atoms. The highest BCUT2D eigenvalue weighted by atomic mass is 32.1. The van der Waals surface area contributed by atoms with E-state index in [0.29, 0.717) is 6.42 Å². The molecule has 6 heteroatoms. The molecule has 1 unspecified atom stereocenters. The van der Waals surface area contributed by atoms with Gasteiger partial charge in [0, 0.05) is 23.1 Å². The Balaban J connectivity index is 1.72. The summed E-state index contributed by atoms with van der Waals surface area (Å²) in [7, 11) is 0. The van der Waals surface area contributed by atoms with Gasteiger partial charge in [-0.1, -0.05) is 42.5 Å². The van der Waals surface area contributed by atoms with Crippen molar-refractivity contribution in [2.45, 2.75) is 12.5 Å². The number of nitro benzene ring substituents is 1. The number of aromatic nitrogens is 1. The molecule has 2 aromatic carbocycles. The average molecular weight is 325 g/mol. The Labute approximate surface area is 137 Å². The lowest BCUT2D eigenvalue weighted by Crippen LogP contribution is -2.13. The van der Waals surface area contributed by atoms with Crippen molar-refractivity contribution < 1.29 is 4.92 Å². The number of nitrogens with two attached hydrogens (primary N) is 1. The van der Waals surface area contributed by atoms with Crippen LogP contribution in [0.15, 0.2) is 60.0 Å². The summed E-state index contributed by atoms with van der Waals surface area (Å²) in [6, 6.07) is 16.2. The Bertz CT molecular complexity index is 800. The van der Waals surface area contributed by atoms with Crippen molar-refractivity contribution in [1.29, 1.82) is 0 Å². The van der Waals surface area contributed by atoms with E-state index in [9.17, 15) is 10.1 Å². The maximum absolute atomic E-state index is 10.7. The van der Waals surface area contributed by atoms with E-state index < -0.39 is 4.92 Å². The SMILES string of the molecule is NC(Cc1ccc([N+](=O)[O-])cc1)c1nc(-c2ccccc2)cs1. The van der Waals surface area contributed by atoms with Gasteiger partial charge < -0.3 is 5.73 Å². The second kappa shape index (κ2) is 6.68. The third-order valence-electron chi connectivity index (χ3n) is 3.51. The van der Waals surface area contributed by atoms with Gasteiger partial charge in [-0.15, -0.1) is 11.3 Å². The minimum absolute atomic E-state index is 0.0860. The van der Waals surface area contributed by atoms with Gasteiger partial charge in [-0.3, -0.25) is 10.1 Å². The summed E-state index contributed by atoms with van der Waals surface area (Å²) in [6.45, 7) is 0. The lowest BCUT2D eigenvalue weighted by molar-refractivity contribution is -0.384. The van der Waals surface area contributed by atoms with Crippen LogP contribution in [0.1, 0.15) is 16.6 Å². The van der Waals surface area contributed by atoms with Crippen molar-refractivity contribution in [3.63, 3.8) is 0 Å². The van der Waals surface area contributed by atoms with Gasteiger partial charge in [0.25, 0.3) is 5.69 Å². The molecule has 0 bridgehead atoms. The van der Waals surface area contributed by atoms with Crippen molar-refractivity contribution in [1.82, 2.24) is 4.98 Å². The molecule has 1 aromatic heterocycles. The van der Waals surface area contributed by atoms with Crippen LogP contribution >= 0.6 is 11.3 Å². The molecule has 116 valence electrons. The van der Waals surface area contributed by atoms with E-state index in [-0.39, 0.29) is 11.7 Å². The number of benzene rings is 2. The van der Waals surface area contributed by atoms with Gasteiger partial charge in [0.05, 0.1) is 16.7 Å². The number of hydrogen-bond acceptors (Lipinski definition) is 5. The van der Waals surface area contributed by atoms with E-state index in [0.717, 1.165) is 21.8 Å². The summed E-state index contributed by atoms with van der Waals surface area (Å²) in [5.74, 6) is 0. The highest BCUT2D eigenvalue weighted by molar-refractivity contribution is 7.10. The molecule has 0 radical (unpaired) electrons. The summed E-state index contributed by atoms with van der Waals surface area (Å²) < 4.78 is 0. The normalized spacial score (nSPS) is 12.0. The van der Waals surface area contributed by atoms with Gasteiger partial charge in [-0.2, -0.15) is 0 Å². The van der Waals surface area contributed by atoms with Crippen molar-refractivity contribution in [3.8, 4) is 11.3 Å². The Morgan fingerprint density at radius 3 is 2.48 bits per heavy atom. The number of nitrogens with zero attached hydrogens (tertiary/aromatic N) is 2. The zero-order valence-corrected chi connectivity index (χ0v) is 13.1. The van der Waals surface area contributed by atoms with Crippen LogP contribution < -0.4 is 5.73 Å². The van der Waals surface area contributed by atoms with Gasteiger partial charge in [0.1, 0.15) is 5.01 Å². The zero-order chi connectivity index (χ0) is 16.2. The van der Waals surface area contributed by atoms with Crippen LogP contribution in [0.25, 0.3) is 11.3 Å². The molecule has 0 aliphatic rings. The lowest BCUT2D eigenvalue weighted by atomic mass is 10.1. The Morgan fingerprint density at radius 1 is 1.13 bits per heavy atom. The molecule has 0 saturated carbocycles. The molecular weight excluding hydrogens is 310 g/mol. The Hall–Kier alpha value is -2.57. The van der Waals surface area contributed by atoms with Crippen LogP contribution in [0.4, 0.5) is 5.69 Å². The van der Waals surface area contributed by atoms with E-state index in [1.54, 1.807) is 12.1 Å². The molecule has 0 saturated heterocycles. The molecule has 0 aliphatic heterocycles. The fourth-order valence-corrected chi connectivity index (χ4v) is 3.12. The summed E-state index contributed by atoms with van der Waals surface area (Å²) in [5, 5.41) is 13.5. The van der Waals surface area contributed by atoms with E-state index >= 15 is 0 Å². The van der Waals surface area contributed by atoms with Crippen molar-refractivity contribution >= 4 is 17.0 Å². The van der Waals surface area contributed by atoms with Gasteiger partial charge in [-0.25, -0.2) is 4.98 Å². The largest absolute Gasteiger partial charge is 0.322 e. The number of thiazole rings is 1. The maximum atomic E-state index is 10.7. The first-order valence-corrected chi connectivity index (χ1v) is 8.01. The monoisotopic (exact) mass is 325 g/mol. The van der Waals surface area contributed by atoms with Crippen LogP contribution in [0.5, 0.6) is 0 Å². The minimum atomic E-state index is -0.406. The first kappa shape index (κ1) is 15.3. The molecule has 5 nitrogen and oxygen atoms in total. The van der Waals surface area contributed by atoms with E-state index in [1.165, 1.54) is 23.5 Å². The van der Waals surface area contributed by atoms with Crippen molar-refractivity contribution in [2.24, 2.45) is 5.73 Å². The van der Waals surface area contributed by atoms with Crippen LogP contribution in [0.2, 0.25) is 0 Å². The molecule has 0 aliphatic carbocycles. The second-order valence-electron chi connectivity index (χ2n) is 5.17. The molecule has 2 N–H and O–H groups in total. The number of rotatable bonds is 5. The van der Waals surface area contributed by atoms with Crippen LogP contribution in [0, 0.1) is 10.1 Å². The molecule has 3 aromatic rings. The van der Waals surface area contributed by atoms with E-state index in [1.807, 2.05) is 35.7 Å². The van der Waals surface area contributed by atoms with Crippen molar-refractivity contribution in [3.05, 3.63) is 80.7 Å². The Morgan fingerprint density at radius 2 is 1.83 bits per heavy atom. The second-order valence-corrected chi connectivity index (χ2v) is 6.06. The molecule has 3 rings (SSSR count). The summed E-state index contributed by atoms with van der Waals surface area (Å²) in [4.78, 5) is 14.9. The topological polar surface area (TPSA) is 82.0 Å². The molecule has 0 amide bonds. The third kappa shape index (κ3) is 3.61. The number of hydrogen-bond donors (Lipinski definition) is 1. The Kier molecular flexibility index (Phi) is 4.45. The fraction of sp³-hybridized carbons (Fsp3) is 0.118. The minimum Gasteiger partial charge on any atom is -0.322 e. The van der Waals surface area contributed by atoms with Crippen LogP contribution in [-0.2, 0) is 6.42 Å². The molecule has 23 heavy (non-hydrogen) atoms. The first-order chi connectivity index (χ1) is 11.1. The number of nitro groups is 1. The first-order valence-electron chi connectivity index (χ1n) is 7.13. The summed E-state index contributed by atoms with van der Waals surface area (Å²) in [6.07, 6.45) is 0.597. The summed E-state index contributed by atoms with van der Waals surface area (Å²) in [5.41, 5.74) is 9.26. The van der Waals surface area contributed by atoms with Gasteiger partial charge >= 0.3 is 0 Å². The van der Waals surface area contributed by atoms with Gasteiger partial charge in [-0.05, 0) is 12.0 Å². The number of non-ortho nitro benzene ring substituents is 1. The summed E-state index contributed by atoms with van der Waals surface area (Å²) >= 11 is 1.54. The predicted octanol–water partition coefficient (Wildman–Crippen LogP) is 3.96. The molecule has 0 fully saturated rings. The average Bonchev–Trinajstić information content (AvgIpc) is 3.06. The van der Waals surface area contributed by atoms with Crippen LogP contribution in [0.3, 0.4) is 0 Å². The standard InChI is InChI=1S/C17H15N3O2S/c18-15(10-12-6-8-14(9-7-12)20(21)22)17-19-16(11-23-17)13-4-2-1-3-5-13/h1-9,11,15H,10,18H2. The highest BCUT2D eigenvalue weighted by Gasteiger charge is 2.13. The molecular formula is C17H15N3O2S. The zero-order valence-electron chi connectivity index (χ0n) is 12.3. The van der Waals surface area contributed by atoms with E-state index in [4.69, 9.17) is 5.73 Å². The fourth-order valence-electron chi connectivity index (χ4n) is 2.29. The maximum Gasteiger partial charge on any atom is 0.269 e. The van der Waals surface area contributed by atoms with Crippen LogP contribution in [-0.4, -0.2) is 9.91 Å². The molecule has 1 atom stereocenters. The smallest absolute Gasteiger partial charge is 0.269 e. The van der Waals surface area contributed by atoms with E-state index in [2.05, 4.69) is 4.98 Å². The van der Waals surface area contributed by atoms with Gasteiger partial charge in [0.15, 0.2) is 0 Å². The lowest BCUT2D eigenvalue weighted by Gasteiger charge is -2.08. The predicted molar refractivity (Wildman–Crippen MR) is 91.3 cm³/mol. The molecule has 1 heterocycles. The quantitative estimate of drug-likeness (QED) is 0.568. The van der Waals surface area contributed by atoms with Gasteiger partial charge in [0.2, 0.25) is 0 Å². The highest BCUT2D eigenvalue weighted by Crippen LogP contribution is 2.26. The van der Waals surface area contributed by atoms with Crippen molar-refractivity contribution in [2.75, 3.05) is 0 Å².